The van der Waals surface area contributed by atoms with Crippen molar-refractivity contribution < 1.29 is 18.6 Å². The molecule has 0 aliphatic carbocycles. The van der Waals surface area contributed by atoms with Crippen molar-refractivity contribution in [3.8, 4) is 17.6 Å². The predicted molar refractivity (Wildman–Crippen MR) is 149 cm³/mol. The third-order valence-electron chi connectivity index (χ3n) is 7.22. The number of ether oxygens (including phenoxy) is 3. The summed E-state index contributed by atoms with van der Waals surface area (Å²) < 4.78 is 30.8. The summed E-state index contributed by atoms with van der Waals surface area (Å²) in [7, 11) is 1.60. The molecule has 2 aliphatic heterocycles. The van der Waals surface area contributed by atoms with Crippen LogP contribution in [0.3, 0.4) is 0 Å². The number of nitriles is 1. The highest BCUT2D eigenvalue weighted by atomic mass is 35.5. The minimum Gasteiger partial charge on any atom is -0.487 e. The predicted octanol–water partition coefficient (Wildman–Crippen LogP) is 5.25. The molecule has 0 amide bonds. The van der Waals surface area contributed by atoms with Gasteiger partial charge in [-0.2, -0.15) is 5.26 Å². The molecule has 10 heteroatoms. The van der Waals surface area contributed by atoms with Crippen molar-refractivity contribution in [1.82, 2.24) is 15.2 Å². The summed E-state index contributed by atoms with van der Waals surface area (Å²) in [5.74, 6) is 0.464. The monoisotopic (exact) mass is 551 g/mol. The fraction of sp³-hybridized carbons (Fsp3) is 0.379. The van der Waals surface area contributed by atoms with Gasteiger partial charge in [0.2, 0.25) is 0 Å². The number of nitrogens with one attached hydrogen (secondary N) is 2. The lowest BCUT2D eigenvalue weighted by atomic mass is 9.72. The summed E-state index contributed by atoms with van der Waals surface area (Å²) in [6, 6.07) is 10.0. The van der Waals surface area contributed by atoms with Crippen LogP contribution < -0.4 is 20.1 Å². The zero-order chi connectivity index (χ0) is 27.2. The number of pyridine rings is 1. The van der Waals surface area contributed by atoms with Crippen LogP contribution in [0.2, 0.25) is 5.02 Å². The average Bonchev–Trinajstić information content (AvgIpc) is 2.93. The zero-order valence-corrected chi connectivity index (χ0v) is 22.6. The van der Waals surface area contributed by atoms with Crippen LogP contribution in [-0.2, 0) is 4.74 Å². The molecule has 0 radical (unpaired) electrons. The van der Waals surface area contributed by atoms with E-state index in [9.17, 15) is 9.65 Å². The lowest BCUT2D eigenvalue weighted by molar-refractivity contribution is -0.0146. The lowest BCUT2D eigenvalue weighted by Crippen LogP contribution is -2.59. The third kappa shape index (κ3) is 6.26. The van der Waals surface area contributed by atoms with Gasteiger partial charge < -0.3 is 24.8 Å². The minimum absolute atomic E-state index is 0.0212. The molecule has 8 nitrogen and oxygen atoms in total. The number of aromatic nitrogens is 1. The van der Waals surface area contributed by atoms with Crippen molar-refractivity contribution in [1.29, 1.82) is 5.26 Å². The fourth-order valence-corrected chi connectivity index (χ4v) is 5.38. The Hall–Kier alpha value is -3.42. The van der Waals surface area contributed by atoms with Crippen LogP contribution in [0.25, 0.3) is 10.9 Å². The maximum atomic E-state index is 13.7. The number of anilines is 2. The smallest absolute Gasteiger partial charge is 0.170 e. The number of likely N-dealkylation sites (tertiary alicyclic amines) is 1. The van der Waals surface area contributed by atoms with Crippen molar-refractivity contribution in [3.63, 3.8) is 0 Å². The van der Waals surface area contributed by atoms with Crippen LogP contribution in [0.15, 0.2) is 48.9 Å². The van der Waals surface area contributed by atoms with Crippen LogP contribution in [0, 0.1) is 22.6 Å². The van der Waals surface area contributed by atoms with Gasteiger partial charge >= 0.3 is 0 Å². The zero-order valence-electron chi connectivity index (χ0n) is 21.8. The van der Waals surface area contributed by atoms with Crippen LogP contribution in [-0.4, -0.2) is 62.9 Å². The third-order valence-corrected chi connectivity index (χ3v) is 7.51. The molecule has 2 saturated heterocycles. The summed E-state index contributed by atoms with van der Waals surface area (Å²) in [6.07, 6.45) is 7.67. The molecular formula is C29H31ClFN5O3. The molecule has 39 heavy (non-hydrogen) atoms. The molecular weight excluding hydrogens is 521 g/mol. The SMILES string of the molecule is COCCOc1cc2c(Nc3ccc(F)c(Cl)c3)c(C#N)cnc2cc1O/C=C/CN1CC2(CCNCC2)C1. The van der Waals surface area contributed by atoms with E-state index >= 15 is 0 Å². The molecule has 2 aromatic carbocycles. The normalized spacial score (nSPS) is 16.8. The Bertz CT molecular complexity index is 1400. The Morgan fingerprint density at radius 1 is 1.21 bits per heavy atom. The van der Waals surface area contributed by atoms with Crippen molar-refractivity contribution in [3.05, 3.63) is 65.3 Å². The molecule has 0 atom stereocenters. The summed E-state index contributed by atoms with van der Waals surface area (Å²) in [5.41, 5.74) is 2.45. The number of hydrogen-bond acceptors (Lipinski definition) is 8. The highest BCUT2D eigenvalue weighted by molar-refractivity contribution is 6.31. The maximum Gasteiger partial charge on any atom is 0.170 e. The molecule has 1 aromatic heterocycles. The molecule has 2 fully saturated rings. The number of benzene rings is 2. The van der Waals surface area contributed by atoms with Crippen LogP contribution >= 0.6 is 11.6 Å². The van der Waals surface area contributed by atoms with E-state index in [1.807, 2.05) is 6.08 Å². The second kappa shape index (κ2) is 12.2. The van der Waals surface area contributed by atoms with Crippen LogP contribution in [0.1, 0.15) is 18.4 Å². The average molecular weight is 552 g/mol. The topological polar surface area (TPSA) is 91.7 Å². The number of hydrogen-bond donors (Lipinski definition) is 2. The lowest BCUT2D eigenvalue weighted by Gasteiger charge is -2.52. The van der Waals surface area contributed by atoms with Gasteiger partial charge in [0.1, 0.15) is 18.5 Å². The highest BCUT2D eigenvalue weighted by Gasteiger charge is 2.42. The molecule has 0 saturated carbocycles. The van der Waals surface area contributed by atoms with Crippen molar-refractivity contribution in [2.24, 2.45) is 5.41 Å². The van der Waals surface area contributed by atoms with Gasteiger partial charge in [0.15, 0.2) is 11.5 Å². The first-order valence-corrected chi connectivity index (χ1v) is 13.3. The quantitative estimate of drug-likeness (QED) is 0.261. The first-order valence-electron chi connectivity index (χ1n) is 13.0. The van der Waals surface area contributed by atoms with Gasteiger partial charge in [-0.1, -0.05) is 11.6 Å². The van der Waals surface area contributed by atoms with E-state index in [2.05, 4.69) is 26.6 Å². The second-order valence-corrected chi connectivity index (χ2v) is 10.4. The van der Waals surface area contributed by atoms with E-state index in [-0.39, 0.29) is 5.02 Å². The van der Waals surface area contributed by atoms with Crippen LogP contribution in [0.4, 0.5) is 15.8 Å². The molecule has 2 aliphatic rings. The number of rotatable bonds is 10. The minimum atomic E-state index is -0.522. The van der Waals surface area contributed by atoms with Gasteiger partial charge in [-0.3, -0.25) is 9.88 Å². The summed E-state index contributed by atoms with van der Waals surface area (Å²) in [4.78, 5) is 6.89. The number of fused-ring (bicyclic) bond motifs is 1. The van der Waals surface area contributed by atoms with E-state index < -0.39 is 5.82 Å². The largest absolute Gasteiger partial charge is 0.487 e. The van der Waals surface area contributed by atoms with Gasteiger partial charge in [0, 0.05) is 50.1 Å². The summed E-state index contributed by atoms with van der Waals surface area (Å²) in [6.45, 7) is 6.00. The Morgan fingerprint density at radius 3 is 2.77 bits per heavy atom. The Labute approximate surface area is 232 Å². The van der Waals surface area contributed by atoms with E-state index in [0.29, 0.717) is 58.0 Å². The standard InChI is InChI=1S/C29H31ClFN5O3/c1-37-11-12-39-26-14-22-25(34-17-20(16-32)28(22)35-21-3-4-24(31)23(30)13-21)15-27(26)38-10-2-9-36-18-29(19-36)5-7-33-8-6-29/h2-4,10,13-15,17,33H,5-9,11-12,18-19H2,1H3,(H,34,35)/b10-2+. The van der Waals surface area contributed by atoms with Crippen molar-refractivity contribution >= 4 is 33.9 Å². The Kier molecular flexibility index (Phi) is 8.48. The number of halogens is 2. The van der Waals surface area contributed by atoms with Gasteiger partial charge in [-0.05, 0) is 61.7 Å². The van der Waals surface area contributed by atoms with Crippen molar-refractivity contribution in [2.45, 2.75) is 12.8 Å². The molecule has 3 aromatic rings. The summed E-state index contributed by atoms with van der Waals surface area (Å²) in [5, 5.41) is 17.0. The fourth-order valence-electron chi connectivity index (χ4n) is 5.20. The molecule has 5 rings (SSSR count). The van der Waals surface area contributed by atoms with E-state index in [1.165, 1.54) is 31.2 Å². The Balaban J connectivity index is 1.36. The molecule has 2 N–H and O–H groups in total. The number of methoxy groups -OCH3 is 1. The van der Waals surface area contributed by atoms with Gasteiger partial charge in [-0.25, -0.2) is 4.39 Å². The molecule has 204 valence electrons. The molecule has 0 bridgehead atoms. The van der Waals surface area contributed by atoms with E-state index in [0.717, 1.165) is 32.7 Å². The number of nitrogens with zero attached hydrogens (tertiary/aromatic N) is 3. The van der Waals surface area contributed by atoms with E-state index in [4.69, 9.17) is 25.8 Å². The van der Waals surface area contributed by atoms with Gasteiger partial charge in [0.05, 0.1) is 34.7 Å². The first-order chi connectivity index (χ1) is 19.0. The molecule has 1 spiro atoms. The summed E-state index contributed by atoms with van der Waals surface area (Å²) >= 11 is 5.97. The van der Waals surface area contributed by atoms with Gasteiger partial charge in [0.25, 0.3) is 0 Å². The maximum absolute atomic E-state index is 13.7. The molecule has 3 heterocycles. The van der Waals surface area contributed by atoms with Gasteiger partial charge in [-0.15, -0.1) is 0 Å². The Morgan fingerprint density at radius 2 is 2.03 bits per heavy atom. The first kappa shape index (κ1) is 27.2. The molecule has 0 unspecified atom stereocenters. The van der Waals surface area contributed by atoms with E-state index in [1.54, 1.807) is 31.6 Å². The number of piperidine rings is 1. The second-order valence-electron chi connectivity index (χ2n) is 9.98. The van der Waals surface area contributed by atoms with Crippen LogP contribution in [0.5, 0.6) is 11.5 Å². The van der Waals surface area contributed by atoms with Crippen molar-refractivity contribution in [2.75, 3.05) is 58.4 Å². The highest BCUT2D eigenvalue weighted by Crippen LogP contribution is 2.39.